The summed E-state index contributed by atoms with van der Waals surface area (Å²) in [5.74, 6) is -4.35. The van der Waals surface area contributed by atoms with E-state index >= 15 is 0 Å². The third-order valence-electron chi connectivity index (χ3n) is 8.41. The molecule has 10 nitrogen and oxygen atoms in total. The third kappa shape index (κ3) is 3.73. The summed E-state index contributed by atoms with van der Waals surface area (Å²) in [6, 6.07) is 0. The summed E-state index contributed by atoms with van der Waals surface area (Å²) in [4.78, 5) is 37.2. The fraction of sp³-hybridized carbons (Fsp3) is 0.720. The van der Waals surface area contributed by atoms with Crippen LogP contribution in [0.1, 0.15) is 34.6 Å². The lowest BCUT2D eigenvalue weighted by Gasteiger charge is -2.54. The van der Waals surface area contributed by atoms with Gasteiger partial charge in [0.25, 0.3) is 0 Å². The molecule has 3 fully saturated rings. The van der Waals surface area contributed by atoms with Gasteiger partial charge in [-0.05, 0) is 12.5 Å². The van der Waals surface area contributed by atoms with Crippen molar-refractivity contribution in [1.29, 1.82) is 0 Å². The number of epoxide rings is 1. The van der Waals surface area contributed by atoms with E-state index in [9.17, 15) is 24.6 Å². The summed E-state index contributed by atoms with van der Waals surface area (Å²) >= 11 is 0. The quantitative estimate of drug-likeness (QED) is 0.327. The normalized spacial score (nSPS) is 49.6. The summed E-state index contributed by atoms with van der Waals surface area (Å²) in [6.07, 6.45) is -3.33. The van der Waals surface area contributed by atoms with Crippen molar-refractivity contribution in [2.24, 2.45) is 23.2 Å². The predicted molar refractivity (Wildman–Crippen MR) is 120 cm³/mol. The Hall–Kier alpha value is -2.27. The topological polar surface area (TPSA) is 141 Å². The molecule has 35 heavy (non-hydrogen) atoms. The highest BCUT2D eigenvalue weighted by Crippen LogP contribution is 2.61. The molecule has 2 heterocycles. The van der Waals surface area contributed by atoms with Crippen LogP contribution in [-0.4, -0.2) is 83.6 Å². The predicted octanol–water partition coefficient (Wildman–Crippen LogP) is 0.684. The van der Waals surface area contributed by atoms with Gasteiger partial charge in [0.2, 0.25) is 0 Å². The van der Waals surface area contributed by atoms with Gasteiger partial charge in [0.1, 0.15) is 24.4 Å². The Bertz CT molecular complexity index is 960. The molecule has 2 aliphatic heterocycles. The molecular weight excluding hydrogens is 460 g/mol. The molecule has 1 saturated carbocycles. The molecule has 0 unspecified atom stereocenters. The number of hydrogen-bond donors (Lipinski definition) is 2. The number of rotatable bonds is 3. The Labute approximate surface area is 204 Å². The van der Waals surface area contributed by atoms with Gasteiger partial charge in [-0.1, -0.05) is 32.6 Å². The van der Waals surface area contributed by atoms with Crippen LogP contribution in [0.3, 0.4) is 0 Å². The molecule has 4 aliphatic rings. The monoisotopic (exact) mass is 494 g/mol. The molecule has 194 valence electrons. The Morgan fingerprint density at radius 3 is 2.34 bits per heavy atom. The van der Waals surface area contributed by atoms with Gasteiger partial charge in [0, 0.05) is 38.2 Å². The molecule has 0 aromatic rings. The highest BCUT2D eigenvalue weighted by Gasteiger charge is 2.74. The second-order valence-corrected chi connectivity index (χ2v) is 10.4. The molecule has 10 heteroatoms. The molecule has 0 bridgehead atoms. The summed E-state index contributed by atoms with van der Waals surface area (Å²) in [6.45, 7) is 11.6. The lowest BCUT2D eigenvalue weighted by atomic mass is 9.54. The first-order valence-electron chi connectivity index (χ1n) is 11.8. The van der Waals surface area contributed by atoms with Crippen molar-refractivity contribution < 1.29 is 48.3 Å². The van der Waals surface area contributed by atoms with E-state index in [0.717, 1.165) is 0 Å². The minimum absolute atomic E-state index is 0.357. The zero-order valence-corrected chi connectivity index (χ0v) is 20.8. The van der Waals surface area contributed by atoms with Gasteiger partial charge in [0.05, 0.1) is 18.1 Å². The molecule has 2 N–H and O–H groups in total. The molecule has 12 atom stereocenters. The smallest absolute Gasteiger partial charge is 0.312 e. The van der Waals surface area contributed by atoms with Crippen LogP contribution >= 0.6 is 0 Å². The first-order valence-corrected chi connectivity index (χ1v) is 11.8. The van der Waals surface area contributed by atoms with Crippen molar-refractivity contribution in [3.63, 3.8) is 0 Å². The number of ether oxygens (including phenoxy) is 5. The van der Waals surface area contributed by atoms with Crippen molar-refractivity contribution in [3.05, 3.63) is 24.3 Å². The van der Waals surface area contributed by atoms with E-state index in [1.54, 1.807) is 26.0 Å². The van der Waals surface area contributed by atoms with Gasteiger partial charge < -0.3 is 33.9 Å². The van der Waals surface area contributed by atoms with Gasteiger partial charge >= 0.3 is 17.9 Å². The van der Waals surface area contributed by atoms with E-state index in [0.29, 0.717) is 5.57 Å². The highest BCUT2D eigenvalue weighted by atomic mass is 16.6. The SMILES string of the molecule is C=C1/C=C\[C@H](O)[C@]2(C)[C@H]([C@@H](C)[C@@H](OC(C)=O)[C@@H]3O[C@@H]32)[C@H](OC(C)=O)[C@]2(O)[C@@H](C)C(=O)O[C@H]2[C@@H]1OC. The van der Waals surface area contributed by atoms with Gasteiger partial charge in [-0.3, -0.25) is 14.4 Å². The van der Waals surface area contributed by atoms with Gasteiger partial charge in [-0.15, -0.1) is 0 Å². The maximum Gasteiger partial charge on any atom is 0.312 e. The number of aliphatic hydroxyl groups is 2. The summed E-state index contributed by atoms with van der Waals surface area (Å²) in [7, 11) is 1.39. The highest BCUT2D eigenvalue weighted by molar-refractivity contribution is 5.77. The van der Waals surface area contributed by atoms with Gasteiger partial charge in [-0.2, -0.15) is 0 Å². The molecule has 0 aromatic heterocycles. The van der Waals surface area contributed by atoms with Crippen LogP contribution in [0.25, 0.3) is 0 Å². The van der Waals surface area contributed by atoms with E-state index in [1.165, 1.54) is 27.9 Å². The molecule has 0 amide bonds. The molecule has 0 spiro atoms. The Kier molecular flexibility index (Phi) is 6.41. The van der Waals surface area contributed by atoms with Crippen LogP contribution in [0, 0.1) is 23.2 Å². The summed E-state index contributed by atoms with van der Waals surface area (Å²) < 4.78 is 28.6. The van der Waals surface area contributed by atoms with Crippen LogP contribution in [-0.2, 0) is 38.1 Å². The molecule has 4 rings (SSSR count). The Balaban J connectivity index is 1.97. The molecule has 2 aliphatic carbocycles. The standard InChI is InChI=1S/C25H34O10/c1-10-8-9-15(28)24(6)16(11(2)18(32-13(4)26)19-21(24)34-19)20(33-14(5)27)25(30)12(3)23(29)35-22(25)17(10)31-7/h8-9,11-12,15-22,28,30H,1H2,2-7H3/b9-8-/t11-,12+,15+,16-,17-,18-,19+,20+,21+,22+,24-,25-/m1/s1. The molecule has 0 radical (unpaired) electrons. The maximum absolute atomic E-state index is 12.8. The fourth-order valence-corrected chi connectivity index (χ4v) is 6.56. The molecule has 0 aromatic carbocycles. The fourth-order valence-electron chi connectivity index (χ4n) is 6.56. The number of esters is 3. The van der Waals surface area contributed by atoms with Crippen molar-refractivity contribution in [1.82, 2.24) is 0 Å². The van der Waals surface area contributed by atoms with Crippen LogP contribution in [0.15, 0.2) is 24.3 Å². The van der Waals surface area contributed by atoms with E-state index in [-0.39, 0.29) is 0 Å². The third-order valence-corrected chi connectivity index (χ3v) is 8.41. The average Bonchev–Trinajstić information content (AvgIpc) is 3.55. The van der Waals surface area contributed by atoms with Crippen molar-refractivity contribution in [2.45, 2.75) is 82.9 Å². The zero-order valence-electron chi connectivity index (χ0n) is 20.8. The summed E-state index contributed by atoms with van der Waals surface area (Å²) in [5, 5.41) is 23.8. The molecule has 2 saturated heterocycles. The largest absolute Gasteiger partial charge is 0.459 e. The van der Waals surface area contributed by atoms with E-state index < -0.39 is 89.4 Å². The number of carbonyl (C=O) groups is 3. The van der Waals surface area contributed by atoms with Crippen LogP contribution in [0.4, 0.5) is 0 Å². The number of carbonyl (C=O) groups excluding carboxylic acids is 3. The minimum atomic E-state index is -2.06. The number of methoxy groups -OCH3 is 1. The zero-order chi connectivity index (χ0) is 26.0. The first-order chi connectivity index (χ1) is 16.3. The number of hydrogen-bond acceptors (Lipinski definition) is 10. The lowest BCUT2D eigenvalue weighted by molar-refractivity contribution is -0.228. The maximum atomic E-state index is 12.8. The van der Waals surface area contributed by atoms with Gasteiger partial charge in [0.15, 0.2) is 11.7 Å². The lowest BCUT2D eigenvalue weighted by Crippen LogP contribution is -2.68. The van der Waals surface area contributed by atoms with E-state index in [2.05, 4.69) is 6.58 Å². The van der Waals surface area contributed by atoms with Crippen molar-refractivity contribution in [3.8, 4) is 0 Å². The van der Waals surface area contributed by atoms with Gasteiger partial charge in [-0.25, -0.2) is 0 Å². The number of fused-ring (bicyclic) bond motifs is 4. The van der Waals surface area contributed by atoms with Crippen molar-refractivity contribution in [2.75, 3.05) is 7.11 Å². The van der Waals surface area contributed by atoms with Crippen LogP contribution in [0.2, 0.25) is 0 Å². The average molecular weight is 495 g/mol. The Morgan fingerprint density at radius 1 is 1.14 bits per heavy atom. The van der Waals surface area contributed by atoms with Crippen LogP contribution < -0.4 is 0 Å². The second-order valence-electron chi connectivity index (χ2n) is 10.4. The van der Waals surface area contributed by atoms with Crippen molar-refractivity contribution >= 4 is 17.9 Å². The number of aliphatic hydroxyl groups excluding tert-OH is 1. The second kappa shape index (κ2) is 8.69. The Morgan fingerprint density at radius 2 is 1.77 bits per heavy atom. The van der Waals surface area contributed by atoms with Crippen LogP contribution in [0.5, 0.6) is 0 Å². The molecular formula is C25H34O10. The first kappa shape index (κ1) is 25.8. The minimum Gasteiger partial charge on any atom is -0.459 e. The van der Waals surface area contributed by atoms with E-state index in [4.69, 9.17) is 23.7 Å². The summed E-state index contributed by atoms with van der Waals surface area (Å²) in [5.41, 5.74) is -2.79. The van der Waals surface area contributed by atoms with E-state index in [1.807, 2.05) is 0 Å².